The summed E-state index contributed by atoms with van der Waals surface area (Å²) < 4.78 is 0. The van der Waals surface area contributed by atoms with Crippen LogP contribution in [0.3, 0.4) is 0 Å². The number of carbonyl (C=O) groups is 2. The number of aliphatic carboxylic acids is 1. The number of carboxylic acids is 1. The first-order valence-electron chi connectivity index (χ1n) is 5.29. The summed E-state index contributed by atoms with van der Waals surface area (Å²) in [5.41, 5.74) is 0. The molecule has 2 saturated heterocycles. The van der Waals surface area contributed by atoms with E-state index in [1.807, 2.05) is 11.8 Å². The molecular weight excluding hydrogens is 214 g/mol. The molecule has 2 aliphatic rings. The highest BCUT2D eigenvalue weighted by Gasteiger charge is 2.35. The molecule has 0 aliphatic carbocycles. The first kappa shape index (κ1) is 10.8. The minimum Gasteiger partial charge on any atom is -0.481 e. The van der Waals surface area contributed by atoms with Crippen molar-refractivity contribution in [2.75, 3.05) is 18.8 Å². The zero-order chi connectivity index (χ0) is 10.8. The fraction of sp³-hybridized carbons (Fsp3) is 0.800. The molecule has 15 heavy (non-hydrogen) atoms. The quantitative estimate of drug-likeness (QED) is 0.778. The molecule has 0 aromatic rings. The van der Waals surface area contributed by atoms with Crippen LogP contribution in [0.15, 0.2) is 0 Å². The van der Waals surface area contributed by atoms with Gasteiger partial charge in [-0.25, -0.2) is 0 Å². The minimum atomic E-state index is -0.843. The Labute approximate surface area is 93.0 Å². The maximum absolute atomic E-state index is 11.5. The fourth-order valence-electron chi connectivity index (χ4n) is 2.15. The first-order chi connectivity index (χ1) is 7.16. The van der Waals surface area contributed by atoms with E-state index in [1.54, 1.807) is 4.90 Å². The van der Waals surface area contributed by atoms with Crippen molar-refractivity contribution in [3.05, 3.63) is 0 Å². The lowest BCUT2D eigenvalue weighted by molar-refractivity contribution is -0.141. The van der Waals surface area contributed by atoms with Crippen molar-refractivity contribution in [2.45, 2.75) is 24.5 Å². The molecule has 2 aliphatic heterocycles. The standard InChI is InChI=1S/C10H15NO3S/c12-9-4-7(10(13)14)5-11(9)6-8-2-1-3-15-8/h7-8H,1-6H2,(H,13,14). The van der Waals surface area contributed by atoms with E-state index in [4.69, 9.17) is 5.11 Å². The summed E-state index contributed by atoms with van der Waals surface area (Å²) in [5.74, 6) is -0.140. The van der Waals surface area contributed by atoms with Crippen molar-refractivity contribution in [3.8, 4) is 0 Å². The lowest BCUT2D eigenvalue weighted by atomic mass is 10.1. The Bertz CT molecular complexity index is 276. The summed E-state index contributed by atoms with van der Waals surface area (Å²) in [7, 11) is 0. The number of thioether (sulfide) groups is 1. The van der Waals surface area contributed by atoms with Gasteiger partial charge in [-0.2, -0.15) is 11.8 Å². The number of rotatable bonds is 3. The van der Waals surface area contributed by atoms with Crippen molar-refractivity contribution >= 4 is 23.6 Å². The van der Waals surface area contributed by atoms with E-state index in [9.17, 15) is 9.59 Å². The molecule has 2 rings (SSSR count). The molecule has 2 atom stereocenters. The number of amides is 1. The Morgan fingerprint density at radius 2 is 2.40 bits per heavy atom. The van der Waals surface area contributed by atoms with Gasteiger partial charge in [0, 0.05) is 24.8 Å². The van der Waals surface area contributed by atoms with Crippen LogP contribution < -0.4 is 0 Å². The molecule has 0 radical (unpaired) electrons. The molecule has 0 spiro atoms. The third-order valence-electron chi connectivity index (χ3n) is 3.01. The van der Waals surface area contributed by atoms with Gasteiger partial charge < -0.3 is 10.0 Å². The van der Waals surface area contributed by atoms with Gasteiger partial charge in [-0.15, -0.1) is 0 Å². The third-order valence-corrected chi connectivity index (χ3v) is 4.39. The van der Waals surface area contributed by atoms with Crippen LogP contribution in [0.25, 0.3) is 0 Å². The van der Waals surface area contributed by atoms with E-state index < -0.39 is 11.9 Å². The van der Waals surface area contributed by atoms with Crippen LogP contribution in [0.5, 0.6) is 0 Å². The predicted molar refractivity (Wildman–Crippen MR) is 57.8 cm³/mol. The molecule has 4 nitrogen and oxygen atoms in total. The van der Waals surface area contributed by atoms with Gasteiger partial charge in [0.15, 0.2) is 0 Å². The van der Waals surface area contributed by atoms with Gasteiger partial charge in [0.1, 0.15) is 0 Å². The smallest absolute Gasteiger partial charge is 0.308 e. The molecule has 1 amide bonds. The maximum atomic E-state index is 11.5. The maximum Gasteiger partial charge on any atom is 0.308 e. The highest BCUT2D eigenvalue weighted by molar-refractivity contribution is 8.00. The van der Waals surface area contributed by atoms with Crippen molar-refractivity contribution in [2.24, 2.45) is 5.92 Å². The van der Waals surface area contributed by atoms with Crippen molar-refractivity contribution in [1.29, 1.82) is 0 Å². The number of carbonyl (C=O) groups excluding carboxylic acids is 1. The fourth-order valence-corrected chi connectivity index (χ4v) is 3.43. The van der Waals surface area contributed by atoms with Crippen molar-refractivity contribution in [1.82, 2.24) is 4.90 Å². The number of likely N-dealkylation sites (tertiary alicyclic amines) is 1. The molecule has 0 aromatic heterocycles. The van der Waals surface area contributed by atoms with Crippen molar-refractivity contribution < 1.29 is 14.7 Å². The second-order valence-electron chi connectivity index (χ2n) is 4.17. The number of nitrogens with zero attached hydrogens (tertiary/aromatic N) is 1. The Kier molecular flexibility index (Phi) is 3.19. The van der Waals surface area contributed by atoms with Gasteiger partial charge in [0.2, 0.25) is 5.91 Å². The number of hydrogen-bond donors (Lipinski definition) is 1. The predicted octanol–water partition coefficient (Wildman–Crippen LogP) is 0.815. The number of hydrogen-bond acceptors (Lipinski definition) is 3. The van der Waals surface area contributed by atoms with Gasteiger partial charge in [-0.1, -0.05) is 0 Å². The van der Waals surface area contributed by atoms with E-state index in [0.29, 0.717) is 11.8 Å². The van der Waals surface area contributed by atoms with Gasteiger partial charge in [-0.3, -0.25) is 9.59 Å². The second-order valence-corrected chi connectivity index (χ2v) is 5.58. The molecule has 84 valence electrons. The van der Waals surface area contributed by atoms with Crippen LogP contribution in [0.2, 0.25) is 0 Å². The first-order valence-corrected chi connectivity index (χ1v) is 6.34. The highest BCUT2D eigenvalue weighted by atomic mass is 32.2. The second kappa shape index (κ2) is 4.43. The summed E-state index contributed by atoms with van der Waals surface area (Å²) in [6, 6.07) is 0. The molecule has 1 N–H and O–H groups in total. The van der Waals surface area contributed by atoms with Crippen LogP contribution in [0.1, 0.15) is 19.3 Å². The molecule has 0 saturated carbocycles. The Hall–Kier alpha value is -0.710. The topological polar surface area (TPSA) is 57.6 Å². The SMILES string of the molecule is O=C(O)C1CC(=O)N(CC2CCCS2)C1. The Balaban J connectivity index is 1.87. The number of carboxylic acid groups (broad SMARTS) is 1. The molecule has 2 heterocycles. The van der Waals surface area contributed by atoms with Crippen LogP contribution in [-0.4, -0.2) is 46.0 Å². The normalized spacial score (nSPS) is 31.2. The summed E-state index contributed by atoms with van der Waals surface area (Å²) >= 11 is 1.90. The average molecular weight is 229 g/mol. The van der Waals surface area contributed by atoms with Gasteiger partial charge in [-0.05, 0) is 18.6 Å². The zero-order valence-corrected chi connectivity index (χ0v) is 9.33. The van der Waals surface area contributed by atoms with E-state index in [0.717, 1.165) is 13.0 Å². The Morgan fingerprint density at radius 1 is 1.60 bits per heavy atom. The molecule has 2 unspecified atom stereocenters. The average Bonchev–Trinajstić information content (AvgIpc) is 2.77. The molecule has 0 bridgehead atoms. The monoisotopic (exact) mass is 229 g/mol. The van der Waals surface area contributed by atoms with Gasteiger partial charge >= 0.3 is 5.97 Å². The van der Waals surface area contributed by atoms with Crippen molar-refractivity contribution in [3.63, 3.8) is 0 Å². The summed E-state index contributed by atoms with van der Waals surface area (Å²) in [4.78, 5) is 24.0. The van der Waals surface area contributed by atoms with Crippen LogP contribution in [0, 0.1) is 5.92 Å². The molecular formula is C10H15NO3S. The lowest BCUT2D eigenvalue weighted by Crippen LogP contribution is -2.32. The molecule has 5 heteroatoms. The highest BCUT2D eigenvalue weighted by Crippen LogP contribution is 2.28. The summed E-state index contributed by atoms with van der Waals surface area (Å²) in [6.45, 7) is 1.15. The zero-order valence-electron chi connectivity index (χ0n) is 8.52. The van der Waals surface area contributed by atoms with Gasteiger partial charge in [0.05, 0.1) is 5.92 Å². The van der Waals surface area contributed by atoms with Gasteiger partial charge in [0.25, 0.3) is 0 Å². The Morgan fingerprint density at radius 3 is 2.93 bits per heavy atom. The van der Waals surface area contributed by atoms with E-state index in [1.165, 1.54) is 12.2 Å². The summed E-state index contributed by atoms with van der Waals surface area (Å²) in [5, 5.41) is 9.35. The van der Waals surface area contributed by atoms with Crippen LogP contribution >= 0.6 is 11.8 Å². The van der Waals surface area contributed by atoms with E-state index in [2.05, 4.69) is 0 Å². The van der Waals surface area contributed by atoms with Crippen LogP contribution in [0.4, 0.5) is 0 Å². The molecule has 2 fully saturated rings. The lowest BCUT2D eigenvalue weighted by Gasteiger charge is -2.19. The van der Waals surface area contributed by atoms with Crippen LogP contribution in [-0.2, 0) is 9.59 Å². The third kappa shape index (κ3) is 2.45. The van der Waals surface area contributed by atoms with E-state index in [-0.39, 0.29) is 12.3 Å². The molecule has 0 aromatic carbocycles. The summed E-state index contributed by atoms with van der Waals surface area (Å²) in [6.07, 6.45) is 2.57. The van der Waals surface area contributed by atoms with E-state index >= 15 is 0 Å². The minimum absolute atomic E-state index is 0.00917. The largest absolute Gasteiger partial charge is 0.481 e.